The molecule has 146 valence electrons. The predicted octanol–water partition coefficient (Wildman–Crippen LogP) is 3.95. The van der Waals surface area contributed by atoms with E-state index in [4.69, 9.17) is 0 Å². The normalized spacial score (nSPS) is 10.8. The van der Waals surface area contributed by atoms with E-state index in [-0.39, 0.29) is 17.3 Å². The summed E-state index contributed by atoms with van der Waals surface area (Å²) in [6.45, 7) is 0.412. The van der Waals surface area contributed by atoms with Crippen molar-refractivity contribution in [2.75, 3.05) is 11.9 Å². The van der Waals surface area contributed by atoms with Gasteiger partial charge in [-0.3, -0.25) is 4.79 Å². The maximum atomic E-state index is 13.8. The molecule has 0 aliphatic carbocycles. The molecule has 0 aliphatic heterocycles. The highest BCUT2D eigenvalue weighted by molar-refractivity contribution is 5.92. The lowest BCUT2D eigenvalue weighted by molar-refractivity contribution is 0.0949. The first kappa shape index (κ1) is 18.5. The molecule has 8 heteroatoms. The summed E-state index contributed by atoms with van der Waals surface area (Å²) in [5.41, 5.74) is 1.87. The molecule has 0 unspecified atom stereocenters. The number of H-pyrrole nitrogens is 1. The number of hydrogen-bond acceptors (Lipinski definition) is 4. The highest BCUT2D eigenvalue weighted by Gasteiger charge is 2.13. The van der Waals surface area contributed by atoms with Gasteiger partial charge in [-0.1, -0.05) is 24.3 Å². The van der Waals surface area contributed by atoms with E-state index < -0.39 is 17.5 Å². The van der Waals surface area contributed by atoms with Gasteiger partial charge in [0.2, 0.25) is 5.95 Å². The van der Waals surface area contributed by atoms with Gasteiger partial charge in [0, 0.05) is 29.8 Å². The average Bonchev–Trinajstić information content (AvgIpc) is 3.14. The molecule has 0 saturated carbocycles. The van der Waals surface area contributed by atoms with Gasteiger partial charge in [0.15, 0.2) is 0 Å². The van der Waals surface area contributed by atoms with Gasteiger partial charge in [-0.25, -0.2) is 18.7 Å². The number of amides is 1. The number of hydrogen-bond donors (Lipinski definition) is 3. The Labute approximate surface area is 165 Å². The van der Waals surface area contributed by atoms with E-state index in [0.29, 0.717) is 13.0 Å². The van der Waals surface area contributed by atoms with Crippen LogP contribution in [0.5, 0.6) is 0 Å². The number of carbonyl (C=O) groups is 1. The fraction of sp³-hybridized carbons (Fsp3) is 0.0952. The van der Waals surface area contributed by atoms with Crippen molar-refractivity contribution in [1.82, 2.24) is 20.3 Å². The first-order valence-corrected chi connectivity index (χ1v) is 8.99. The Hall–Kier alpha value is -3.81. The van der Waals surface area contributed by atoms with Crippen LogP contribution in [-0.4, -0.2) is 27.4 Å². The fourth-order valence-corrected chi connectivity index (χ4v) is 3.01. The summed E-state index contributed by atoms with van der Waals surface area (Å²) in [6.07, 6.45) is 3.92. The Kier molecular flexibility index (Phi) is 5.15. The van der Waals surface area contributed by atoms with Gasteiger partial charge in [0.05, 0.1) is 0 Å². The third-order valence-electron chi connectivity index (χ3n) is 4.44. The molecule has 0 atom stereocenters. The second-order valence-electron chi connectivity index (χ2n) is 6.35. The van der Waals surface area contributed by atoms with Crippen LogP contribution in [0.2, 0.25) is 0 Å². The summed E-state index contributed by atoms with van der Waals surface area (Å²) in [7, 11) is 0. The molecule has 0 fully saturated rings. The number of aromatic nitrogens is 3. The van der Waals surface area contributed by atoms with Gasteiger partial charge in [0.1, 0.15) is 23.0 Å². The molecule has 2 heterocycles. The van der Waals surface area contributed by atoms with Crippen LogP contribution in [0, 0.1) is 11.6 Å². The molecule has 6 nitrogen and oxygen atoms in total. The Bertz CT molecular complexity index is 1150. The summed E-state index contributed by atoms with van der Waals surface area (Å²) in [4.78, 5) is 23.5. The van der Waals surface area contributed by atoms with Gasteiger partial charge < -0.3 is 15.6 Å². The Morgan fingerprint density at radius 3 is 2.66 bits per heavy atom. The Morgan fingerprint density at radius 1 is 1.03 bits per heavy atom. The second-order valence-corrected chi connectivity index (χ2v) is 6.35. The minimum atomic E-state index is -0.776. The lowest BCUT2D eigenvalue weighted by Gasteiger charge is -2.08. The SMILES string of the molecule is O=C(NCCc1c[nH]c2ccccc12)c1ccnc(Nc2c(F)cccc2F)n1. The third-order valence-corrected chi connectivity index (χ3v) is 4.44. The quantitative estimate of drug-likeness (QED) is 0.463. The van der Waals surface area contributed by atoms with E-state index in [1.807, 2.05) is 30.5 Å². The molecule has 2 aromatic heterocycles. The number of rotatable bonds is 6. The summed E-state index contributed by atoms with van der Waals surface area (Å²) >= 11 is 0. The highest BCUT2D eigenvalue weighted by atomic mass is 19.1. The minimum Gasteiger partial charge on any atom is -0.361 e. The van der Waals surface area contributed by atoms with Crippen molar-refractivity contribution >= 4 is 28.4 Å². The first-order valence-electron chi connectivity index (χ1n) is 8.99. The number of anilines is 2. The number of nitrogens with zero attached hydrogens (tertiary/aromatic N) is 2. The molecular weight excluding hydrogens is 376 g/mol. The lowest BCUT2D eigenvalue weighted by Crippen LogP contribution is -2.26. The van der Waals surface area contributed by atoms with Crippen LogP contribution in [0.15, 0.2) is 60.9 Å². The van der Waals surface area contributed by atoms with E-state index in [0.717, 1.165) is 28.6 Å². The van der Waals surface area contributed by atoms with E-state index >= 15 is 0 Å². The number of benzene rings is 2. The molecule has 4 rings (SSSR count). The highest BCUT2D eigenvalue weighted by Crippen LogP contribution is 2.21. The largest absolute Gasteiger partial charge is 0.361 e. The number of aromatic amines is 1. The fourth-order valence-electron chi connectivity index (χ4n) is 3.01. The zero-order valence-electron chi connectivity index (χ0n) is 15.2. The van der Waals surface area contributed by atoms with E-state index in [9.17, 15) is 13.6 Å². The van der Waals surface area contributed by atoms with Crippen molar-refractivity contribution in [3.8, 4) is 0 Å². The van der Waals surface area contributed by atoms with Gasteiger partial charge in [-0.05, 0) is 36.2 Å². The number of carbonyl (C=O) groups excluding carboxylic acids is 1. The van der Waals surface area contributed by atoms with Gasteiger partial charge in [-0.2, -0.15) is 0 Å². The van der Waals surface area contributed by atoms with Crippen LogP contribution >= 0.6 is 0 Å². The van der Waals surface area contributed by atoms with Crippen molar-refractivity contribution in [3.63, 3.8) is 0 Å². The molecule has 0 radical (unpaired) electrons. The molecule has 4 aromatic rings. The molecule has 1 amide bonds. The standard InChI is InChI=1S/C21H17F2N5O/c22-15-5-3-6-16(23)19(15)28-21-25-11-9-18(27-21)20(29)24-10-8-13-12-26-17-7-2-1-4-14(13)17/h1-7,9,11-12,26H,8,10H2,(H,24,29)(H,25,27,28). The maximum absolute atomic E-state index is 13.8. The first-order chi connectivity index (χ1) is 14.1. The van der Waals surface area contributed by atoms with Crippen LogP contribution < -0.4 is 10.6 Å². The molecule has 0 bridgehead atoms. The van der Waals surface area contributed by atoms with Crippen molar-refractivity contribution in [2.45, 2.75) is 6.42 Å². The topological polar surface area (TPSA) is 82.7 Å². The second kappa shape index (κ2) is 8.05. The van der Waals surface area contributed by atoms with E-state index in [1.165, 1.54) is 18.3 Å². The summed E-state index contributed by atoms with van der Waals surface area (Å²) in [6, 6.07) is 12.9. The number of fused-ring (bicyclic) bond motifs is 1. The maximum Gasteiger partial charge on any atom is 0.270 e. The third kappa shape index (κ3) is 4.06. The predicted molar refractivity (Wildman–Crippen MR) is 106 cm³/mol. The zero-order chi connectivity index (χ0) is 20.2. The monoisotopic (exact) mass is 393 g/mol. The molecule has 0 saturated heterocycles. The van der Waals surface area contributed by atoms with Gasteiger partial charge in [-0.15, -0.1) is 0 Å². The Morgan fingerprint density at radius 2 is 1.83 bits per heavy atom. The lowest BCUT2D eigenvalue weighted by atomic mass is 10.1. The average molecular weight is 393 g/mol. The molecule has 29 heavy (non-hydrogen) atoms. The van der Waals surface area contributed by atoms with Crippen LogP contribution in [0.1, 0.15) is 16.1 Å². The number of nitrogens with one attached hydrogen (secondary N) is 3. The summed E-state index contributed by atoms with van der Waals surface area (Å²) in [5.74, 6) is -2.02. The molecule has 0 aliphatic rings. The van der Waals surface area contributed by atoms with Crippen molar-refractivity contribution in [3.05, 3.63) is 83.8 Å². The van der Waals surface area contributed by atoms with E-state index in [2.05, 4.69) is 25.6 Å². The van der Waals surface area contributed by atoms with Crippen molar-refractivity contribution in [1.29, 1.82) is 0 Å². The molecule has 2 aromatic carbocycles. The van der Waals surface area contributed by atoms with Gasteiger partial charge >= 0.3 is 0 Å². The Balaban J connectivity index is 1.41. The zero-order valence-corrected chi connectivity index (χ0v) is 15.2. The van der Waals surface area contributed by atoms with Crippen molar-refractivity contribution in [2.24, 2.45) is 0 Å². The number of halogens is 2. The molecule has 0 spiro atoms. The van der Waals surface area contributed by atoms with Crippen LogP contribution in [0.25, 0.3) is 10.9 Å². The minimum absolute atomic E-state index is 0.0710. The van der Waals surface area contributed by atoms with Gasteiger partial charge in [0.25, 0.3) is 5.91 Å². The smallest absolute Gasteiger partial charge is 0.270 e. The summed E-state index contributed by atoms with van der Waals surface area (Å²) in [5, 5.41) is 6.39. The molecule has 3 N–H and O–H groups in total. The van der Waals surface area contributed by atoms with Crippen LogP contribution in [0.3, 0.4) is 0 Å². The van der Waals surface area contributed by atoms with Crippen LogP contribution in [-0.2, 0) is 6.42 Å². The van der Waals surface area contributed by atoms with E-state index in [1.54, 1.807) is 0 Å². The number of para-hydroxylation sites is 2. The molecular formula is C21H17F2N5O. The van der Waals surface area contributed by atoms with Crippen molar-refractivity contribution < 1.29 is 13.6 Å². The summed E-state index contributed by atoms with van der Waals surface area (Å²) < 4.78 is 27.5. The van der Waals surface area contributed by atoms with Crippen LogP contribution in [0.4, 0.5) is 20.4 Å².